The molecule has 1 aromatic heterocycles. The molecule has 176 valence electrons. The first kappa shape index (κ1) is 22.8. The van der Waals surface area contributed by atoms with Gasteiger partial charge in [-0.1, -0.05) is 0 Å². The number of aliphatic hydroxyl groups excluding tert-OH is 4. The summed E-state index contributed by atoms with van der Waals surface area (Å²) < 4.78 is 21.7. The van der Waals surface area contributed by atoms with Crippen LogP contribution in [0, 0.1) is 0 Å². The van der Waals surface area contributed by atoms with Crippen LogP contribution >= 0.6 is 0 Å². The Balaban J connectivity index is 1.71. The highest BCUT2D eigenvalue weighted by Crippen LogP contribution is 2.36. The van der Waals surface area contributed by atoms with E-state index in [4.69, 9.17) is 18.6 Å². The quantitative estimate of drug-likeness (QED) is 0.302. The molecule has 1 saturated heterocycles. The van der Waals surface area contributed by atoms with Gasteiger partial charge in [-0.3, -0.25) is 4.79 Å². The third kappa shape index (κ3) is 4.19. The van der Waals surface area contributed by atoms with E-state index in [1.807, 2.05) is 0 Å². The molecular weight excluding hydrogens is 440 g/mol. The second-order valence-electron chi connectivity index (χ2n) is 7.49. The number of aromatic hydroxyl groups is 2. The fourth-order valence-corrected chi connectivity index (χ4v) is 3.59. The van der Waals surface area contributed by atoms with Crippen LogP contribution in [0.4, 0.5) is 0 Å². The topological polar surface area (TPSA) is 179 Å². The fourth-order valence-electron chi connectivity index (χ4n) is 3.59. The third-order valence-corrected chi connectivity index (χ3v) is 5.34. The summed E-state index contributed by atoms with van der Waals surface area (Å²) in [5.41, 5.74) is -0.0693. The standard InChI is InChI=1S/C22H22O11/c1-30-15-5-10(24)6-16-18(15)12(26)7-13(31-16)9-2-3-11(25)14(4-9)32-22-21(29)20(28)19(27)17(8-23)33-22/h2-7,17,19-25,27-29H,8H2,1H3/t17-,19-,20+,21?,22-/m1/s1. The lowest BCUT2D eigenvalue weighted by molar-refractivity contribution is -0.277. The summed E-state index contributed by atoms with van der Waals surface area (Å²) >= 11 is 0. The zero-order chi connectivity index (χ0) is 23.9. The van der Waals surface area contributed by atoms with Gasteiger partial charge in [0, 0.05) is 23.8 Å². The van der Waals surface area contributed by atoms with Gasteiger partial charge in [0.25, 0.3) is 0 Å². The van der Waals surface area contributed by atoms with Crippen molar-refractivity contribution in [3.63, 3.8) is 0 Å². The van der Waals surface area contributed by atoms with Gasteiger partial charge in [0.05, 0.1) is 13.7 Å². The van der Waals surface area contributed by atoms with Crippen LogP contribution in [0.15, 0.2) is 45.6 Å². The minimum atomic E-state index is -1.68. The molecule has 6 N–H and O–H groups in total. The Morgan fingerprint density at radius 1 is 0.970 bits per heavy atom. The first-order valence-corrected chi connectivity index (χ1v) is 9.89. The molecule has 0 radical (unpaired) electrons. The van der Waals surface area contributed by atoms with E-state index in [1.165, 1.54) is 43.5 Å². The number of methoxy groups -OCH3 is 1. The number of fused-ring (bicyclic) bond motifs is 1. The normalized spacial score (nSPS) is 25.2. The molecule has 33 heavy (non-hydrogen) atoms. The molecule has 1 aliphatic rings. The van der Waals surface area contributed by atoms with Crippen molar-refractivity contribution in [1.82, 2.24) is 0 Å². The van der Waals surface area contributed by atoms with Crippen molar-refractivity contribution >= 4 is 11.0 Å². The van der Waals surface area contributed by atoms with Crippen molar-refractivity contribution in [3.05, 3.63) is 46.6 Å². The number of phenols is 2. The summed E-state index contributed by atoms with van der Waals surface area (Å²) in [6.45, 7) is -0.643. The molecule has 0 amide bonds. The molecule has 0 spiro atoms. The van der Waals surface area contributed by atoms with Crippen molar-refractivity contribution < 1.29 is 49.3 Å². The molecule has 11 heteroatoms. The van der Waals surface area contributed by atoms with Crippen molar-refractivity contribution in [3.8, 4) is 34.3 Å². The Bertz CT molecular complexity index is 1220. The van der Waals surface area contributed by atoms with E-state index in [2.05, 4.69) is 0 Å². The zero-order valence-corrected chi connectivity index (χ0v) is 17.3. The van der Waals surface area contributed by atoms with Crippen molar-refractivity contribution in [1.29, 1.82) is 0 Å². The van der Waals surface area contributed by atoms with Crippen molar-refractivity contribution in [2.24, 2.45) is 0 Å². The van der Waals surface area contributed by atoms with Crippen LogP contribution in [0.3, 0.4) is 0 Å². The fraction of sp³-hybridized carbons (Fsp3) is 0.318. The minimum Gasteiger partial charge on any atom is -0.508 e. The van der Waals surface area contributed by atoms with Gasteiger partial charge in [0.2, 0.25) is 6.29 Å². The number of ether oxygens (including phenoxy) is 3. The van der Waals surface area contributed by atoms with E-state index in [0.717, 1.165) is 0 Å². The van der Waals surface area contributed by atoms with E-state index in [-0.39, 0.29) is 39.7 Å². The van der Waals surface area contributed by atoms with Gasteiger partial charge >= 0.3 is 0 Å². The highest BCUT2D eigenvalue weighted by molar-refractivity contribution is 5.86. The van der Waals surface area contributed by atoms with Crippen LogP contribution in [-0.2, 0) is 4.74 Å². The molecule has 2 heterocycles. The molecule has 0 bridgehead atoms. The Labute approximate surface area is 186 Å². The minimum absolute atomic E-state index is 0.0684. The average molecular weight is 462 g/mol. The van der Waals surface area contributed by atoms with Gasteiger partial charge < -0.3 is 49.3 Å². The first-order valence-electron chi connectivity index (χ1n) is 9.89. The van der Waals surface area contributed by atoms with E-state index >= 15 is 0 Å². The Morgan fingerprint density at radius 3 is 2.42 bits per heavy atom. The molecule has 3 aromatic rings. The molecule has 0 saturated carbocycles. The maximum Gasteiger partial charge on any atom is 0.229 e. The van der Waals surface area contributed by atoms with Crippen molar-refractivity contribution in [2.75, 3.05) is 13.7 Å². The third-order valence-electron chi connectivity index (χ3n) is 5.34. The molecule has 0 aliphatic carbocycles. The van der Waals surface area contributed by atoms with Crippen LogP contribution < -0.4 is 14.9 Å². The maximum atomic E-state index is 12.7. The predicted molar refractivity (Wildman–Crippen MR) is 112 cm³/mol. The average Bonchev–Trinajstić information content (AvgIpc) is 2.79. The second kappa shape index (κ2) is 8.89. The molecule has 1 unspecified atom stereocenters. The molecule has 2 aromatic carbocycles. The SMILES string of the molecule is COc1cc(O)cc2oc(-c3ccc(O)c(O[C@@H]4O[C@H](CO)[C@@H](O)[C@H](O)C4O)c3)cc(=O)c12. The van der Waals surface area contributed by atoms with Crippen LogP contribution in [0.2, 0.25) is 0 Å². The highest BCUT2D eigenvalue weighted by atomic mass is 16.7. The summed E-state index contributed by atoms with van der Waals surface area (Å²) in [5, 5.41) is 59.5. The van der Waals surface area contributed by atoms with Gasteiger partial charge in [-0.25, -0.2) is 0 Å². The van der Waals surface area contributed by atoms with Gasteiger partial charge in [0.1, 0.15) is 52.6 Å². The lowest BCUT2D eigenvalue weighted by Gasteiger charge is -2.39. The van der Waals surface area contributed by atoms with Crippen LogP contribution in [-0.4, -0.2) is 75.1 Å². The number of phenolic OH excluding ortho intramolecular Hbond substituents is 2. The van der Waals surface area contributed by atoms with Crippen LogP contribution in [0.5, 0.6) is 23.0 Å². The lowest BCUT2D eigenvalue weighted by atomic mass is 9.99. The number of aliphatic hydroxyl groups is 4. The predicted octanol–water partition coefficient (Wildman–Crippen LogP) is 0.0585. The van der Waals surface area contributed by atoms with E-state index in [9.17, 15) is 35.4 Å². The Morgan fingerprint density at radius 2 is 1.73 bits per heavy atom. The summed E-state index contributed by atoms with van der Waals surface area (Å²) in [5.74, 6) is -0.482. The van der Waals surface area contributed by atoms with Gasteiger partial charge in [-0.15, -0.1) is 0 Å². The lowest BCUT2D eigenvalue weighted by Crippen LogP contribution is -2.60. The number of benzene rings is 2. The monoisotopic (exact) mass is 462 g/mol. The molecule has 5 atom stereocenters. The first-order chi connectivity index (χ1) is 15.7. The number of rotatable bonds is 5. The molecule has 11 nitrogen and oxygen atoms in total. The number of hydrogen-bond donors (Lipinski definition) is 6. The van der Waals surface area contributed by atoms with Crippen molar-refractivity contribution in [2.45, 2.75) is 30.7 Å². The molecule has 1 aliphatic heterocycles. The molecule has 1 fully saturated rings. The molecular formula is C22H22O11. The van der Waals surface area contributed by atoms with Crippen LogP contribution in [0.25, 0.3) is 22.3 Å². The molecule has 4 rings (SSSR count). The summed E-state index contributed by atoms with van der Waals surface area (Å²) in [7, 11) is 1.35. The van der Waals surface area contributed by atoms with Gasteiger partial charge in [-0.2, -0.15) is 0 Å². The number of hydrogen-bond acceptors (Lipinski definition) is 11. The van der Waals surface area contributed by atoms with E-state index in [1.54, 1.807) is 0 Å². The van der Waals surface area contributed by atoms with Gasteiger partial charge in [-0.05, 0) is 18.2 Å². The summed E-state index contributed by atoms with van der Waals surface area (Å²) in [4.78, 5) is 12.7. The summed E-state index contributed by atoms with van der Waals surface area (Å²) in [6.07, 6.45) is -7.62. The van der Waals surface area contributed by atoms with E-state index < -0.39 is 42.7 Å². The van der Waals surface area contributed by atoms with Crippen LogP contribution in [0.1, 0.15) is 0 Å². The smallest absolute Gasteiger partial charge is 0.229 e. The van der Waals surface area contributed by atoms with Gasteiger partial charge in [0.15, 0.2) is 16.9 Å². The Hall–Kier alpha value is -3.35. The van der Waals surface area contributed by atoms with E-state index in [0.29, 0.717) is 5.56 Å². The Kier molecular flexibility index (Phi) is 6.15. The summed E-state index contributed by atoms with van der Waals surface area (Å²) in [6, 6.07) is 7.74. The maximum absolute atomic E-state index is 12.7. The highest BCUT2D eigenvalue weighted by Gasteiger charge is 2.45. The second-order valence-corrected chi connectivity index (χ2v) is 7.49. The largest absolute Gasteiger partial charge is 0.508 e. The zero-order valence-electron chi connectivity index (χ0n) is 17.3.